The molecule has 4 radical (unpaired) electrons. The summed E-state index contributed by atoms with van der Waals surface area (Å²) < 4.78 is 10.2. The predicted octanol–water partition coefficient (Wildman–Crippen LogP) is -0.978. The van der Waals surface area contributed by atoms with Crippen molar-refractivity contribution in [3.63, 3.8) is 0 Å². The Hall–Kier alpha value is 2.11. The van der Waals surface area contributed by atoms with E-state index in [9.17, 15) is 5.11 Å². The monoisotopic (exact) mass is 364 g/mol. The zero-order valence-electron chi connectivity index (χ0n) is 9.04. The smallest absolute Gasteiger partial charge is 0.112 e. The van der Waals surface area contributed by atoms with E-state index in [1.54, 1.807) is 6.92 Å². The fraction of sp³-hybridized carbons (Fsp3) is 1.00. The van der Waals surface area contributed by atoms with Crippen LogP contribution in [0.4, 0.5) is 0 Å². The van der Waals surface area contributed by atoms with Crippen molar-refractivity contribution >= 4 is 7.85 Å². The summed E-state index contributed by atoms with van der Waals surface area (Å²) in [5.41, 5.74) is 0. The van der Waals surface area contributed by atoms with E-state index in [1.165, 1.54) is 7.11 Å². The second kappa shape index (κ2) is 9.10. The first kappa shape index (κ1) is 19.5. The molecule has 1 saturated heterocycles. The van der Waals surface area contributed by atoms with E-state index >= 15 is 0 Å². The molecule has 80 valence electrons. The number of aliphatic hydroxyl groups excluding tert-OH is 2. The standard InChI is InChI=1S/C8H15BO4.2Y/c1-4(10)3-5-6(11)7(12-2)8(9)13-5;;/h4-8,10-11H,3H2,1-2H3;;. The average molecular weight is 364 g/mol. The Morgan fingerprint density at radius 3 is 2.33 bits per heavy atom. The van der Waals surface area contributed by atoms with Gasteiger partial charge < -0.3 is 19.7 Å². The van der Waals surface area contributed by atoms with Gasteiger partial charge in [-0.05, 0) is 6.92 Å². The van der Waals surface area contributed by atoms with Crippen molar-refractivity contribution in [2.75, 3.05) is 7.11 Å². The Labute approximate surface area is 142 Å². The Morgan fingerprint density at radius 1 is 1.47 bits per heavy atom. The van der Waals surface area contributed by atoms with Gasteiger partial charge in [-0.2, -0.15) is 0 Å². The molecular formula is C8H15BO4Y2. The predicted molar refractivity (Wildman–Crippen MR) is 47.5 cm³/mol. The molecule has 0 aromatic rings. The second-order valence-corrected chi connectivity index (χ2v) is 3.41. The van der Waals surface area contributed by atoms with Crippen LogP contribution in [-0.2, 0) is 74.9 Å². The van der Waals surface area contributed by atoms with Crippen LogP contribution in [0.25, 0.3) is 0 Å². The van der Waals surface area contributed by atoms with Crippen LogP contribution >= 0.6 is 0 Å². The number of hydrogen-bond donors (Lipinski definition) is 2. The van der Waals surface area contributed by atoms with Gasteiger partial charge in [0, 0.05) is 85.0 Å². The Morgan fingerprint density at radius 2 is 2.00 bits per heavy atom. The van der Waals surface area contributed by atoms with Crippen molar-refractivity contribution in [1.29, 1.82) is 0 Å². The van der Waals surface area contributed by atoms with Crippen molar-refractivity contribution in [1.82, 2.24) is 0 Å². The first-order chi connectivity index (χ1) is 6.06. The van der Waals surface area contributed by atoms with Gasteiger partial charge in [0.15, 0.2) is 0 Å². The number of hydrogen-bond acceptors (Lipinski definition) is 4. The fourth-order valence-corrected chi connectivity index (χ4v) is 1.57. The van der Waals surface area contributed by atoms with Crippen molar-refractivity contribution in [3.05, 3.63) is 0 Å². The fourth-order valence-electron chi connectivity index (χ4n) is 1.57. The van der Waals surface area contributed by atoms with Gasteiger partial charge >= 0.3 is 0 Å². The molecule has 5 atom stereocenters. The number of aliphatic hydroxyl groups is 2. The third-order valence-corrected chi connectivity index (χ3v) is 2.22. The molecule has 0 aromatic carbocycles. The van der Waals surface area contributed by atoms with Crippen molar-refractivity contribution < 1.29 is 85.1 Å². The van der Waals surface area contributed by atoms with E-state index < -0.39 is 30.4 Å². The Kier molecular flexibility index (Phi) is 11.8. The zero-order chi connectivity index (χ0) is 10.0. The molecule has 1 aliphatic rings. The van der Waals surface area contributed by atoms with Crippen LogP contribution in [0.2, 0.25) is 0 Å². The van der Waals surface area contributed by atoms with E-state index in [0.717, 1.165) is 0 Å². The summed E-state index contributed by atoms with van der Waals surface area (Å²) >= 11 is 0. The normalized spacial score (nSPS) is 36.5. The van der Waals surface area contributed by atoms with Crippen LogP contribution in [0.1, 0.15) is 13.3 Å². The zero-order valence-corrected chi connectivity index (χ0v) is 14.7. The summed E-state index contributed by atoms with van der Waals surface area (Å²) in [5.74, 6) is 0. The summed E-state index contributed by atoms with van der Waals surface area (Å²) in [4.78, 5) is 0. The topological polar surface area (TPSA) is 58.9 Å². The molecule has 4 nitrogen and oxygen atoms in total. The quantitative estimate of drug-likeness (QED) is 0.633. The molecule has 0 spiro atoms. The third kappa shape index (κ3) is 5.52. The molecule has 1 aliphatic heterocycles. The molecule has 0 amide bonds. The van der Waals surface area contributed by atoms with E-state index in [0.29, 0.717) is 6.42 Å². The van der Waals surface area contributed by atoms with E-state index in [1.807, 2.05) is 0 Å². The molecule has 1 rings (SSSR count). The largest absolute Gasteiger partial charge is 0.393 e. The third-order valence-electron chi connectivity index (χ3n) is 2.22. The minimum atomic E-state index is -0.755. The summed E-state index contributed by atoms with van der Waals surface area (Å²) in [5, 5.41) is 18.7. The molecular weight excluding hydrogens is 349 g/mol. The Balaban J connectivity index is 0. The average Bonchev–Trinajstić information content (AvgIpc) is 2.26. The second-order valence-electron chi connectivity index (χ2n) is 3.41. The molecule has 0 saturated carbocycles. The first-order valence-corrected chi connectivity index (χ1v) is 4.36. The maximum Gasteiger partial charge on any atom is 0.112 e. The molecule has 7 heteroatoms. The molecule has 1 heterocycles. The summed E-state index contributed by atoms with van der Waals surface area (Å²) in [6, 6.07) is -0.608. The van der Waals surface area contributed by atoms with Gasteiger partial charge in [0.25, 0.3) is 0 Å². The van der Waals surface area contributed by atoms with Gasteiger partial charge in [-0.3, -0.25) is 0 Å². The number of methoxy groups -OCH3 is 1. The van der Waals surface area contributed by atoms with Crippen LogP contribution < -0.4 is 0 Å². The SMILES string of the molecule is [B]C1OC(CC(C)O)C(O)C1OC.[Y].[Y]. The maximum atomic E-state index is 9.63. The molecule has 0 aromatic heterocycles. The summed E-state index contributed by atoms with van der Waals surface area (Å²) in [7, 11) is 7.03. The van der Waals surface area contributed by atoms with Gasteiger partial charge in [-0.25, -0.2) is 0 Å². The number of rotatable bonds is 3. The minimum absolute atomic E-state index is 0. The molecule has 0 aliphatic carbocycles. The van der Waals surface area contributed by atoms with Crippen molar-refractivity contribution in [2.24, 2.45) is 0 Å². The van der Waals surface area contributed by atoms with Crippen LogP contribution in [0.5, 0.6) is 0 Å². The van der Waals surface area contributed by atoms with Gasteiger partial charge in [-0.1, -0.05) is 0 Å². The van der Waals surface area contributed by atoms with E-state index in [2.05, 4.69) is 0 Å². The summed E-state index contributed by atoms with van der Waals surface area (Å²) in [6.07, 6.45) is -1.82. The van der Waals surface area contributed by atoms with E-state index in [-0.39, 0.29) is 65.4 Å². The van der Waals surface area contributed by atoms with E-state index in [4.69, 9.17) is 22.4 Å². The van der Waals surface area contributed by atoms with Gasteiger partial charge in [0.2, 0.25) is 0 Å². The van der Waals surface area contributed by atoms with Crippen LogP contribution in [0.3, 0.4) is 0 Å². The van der Waals surface area contributed by atoms with Crippen LogP contribution in [-0.4, -0.2) is 55.6 Å². The molecule has 1 fully saturated rings. The maximum absolute atomic E-state index is 9.63. The van der Waals surface area contributed by atoms with Crippen LogP contribution in [0, 0.1) is 0 Å². The number of ether oxygens (including phenoxy) is 2. The van der Waals surface area contributed by atoms with Crippen molar-refractivity contribution in [3.8, 4) is 0 Å². The van der Waals surface area contributed by atoms with Crippen LogP contribution in [0.15, 0.2) is 0 Å². The molecule has 2 N–H and O–H groups in total. The molecule has 0 bridgehead atoms. The molecule has 15 heavy (non-hydrogen) atoms. The minimum Gasteiger partial charge on any atom is -0.393 e. The van der Waals surface area contributed by atoms with Gasteiger partial charge in [0.05, 0.1) is 12.2 Å². The Bertz CT molecular complexity index is 173. The van der Waals surface area contributed by atoms with Gasteiger partial charge in [-0.15, -0.1) is 0 Å². The van der Waals surface area contributed by atoms with Gasteiger partial charge in [0.1, 0.15) is 20.1 Å². The first-order valence-electron chi connectivity index (χ1n) is 4.36. The molecule has 5 unspecified atom stereocenters. The summed E-state index contributed by atoms with van der Waals surface area (Å²) in [6.45, 7) is 1.64. The van der Waals surface area contributed by atoms with Crippen molar-refractivity contribution in [2.45, 2.75) is 43.8 Å².